The lowest BCUT2D eigenvalue weighted by Gasteiger charge is -2.01. The van der Waals surface area contributed by atoms with Crippen LogP contribution < -0.4 is 9.67 Å². The van der Waals surface area contributed by atoms with Crippen molar-refractivity contribution in [1.29, 1.82) is 0 Å². The summed E-state index contributed by atoms with van der Waals surface area (Å²) in [6, 6.07) is 14.1. The van der Waals surface area contributed by atoms with Gasteiger partial charge < -0.3 is 14.6 Å². The number of carboxylic acid groups (broad SMARTS) is 1. The van der Waals surface area contributed by atoms with Crippen LogP contribution in [0.3, 0.4) is 0 Å². The number of carbonyl (C=O) groups is 2. The maximum atomic E-state index is 11.2. The zero-order valence-corrected chi connectivity index (χ0v) is 11.8. The van der Waals surface area contributed by atoms with Crippen molar-refractivity contribution in [3.05, 3.63) is 66.0 Å². The fraction of sp³-hybridized carbons (Fsp3) is 0.188. The number of ether oxygens (including phenoxy) is 1. The summed E-state index contributed by atoms with van der Waals surface area (Å²) < 4.78 is 6.73. The van der Waals surface area contributed by atoms with Crippen molar-refractivity contribution in [2.75, 3.05) is 7.11 Å². The van der Waals surface area contributed by atoms with E-state index in [1.165, 1.54) is 12.7 Å². The second-order valence-corrected chi connectivity index (χ2v) is 4.22. The van der Waals surface area contributed by atoms with Crippen molar-refractivity contribution >= 4 is 12.4 Å². The topological polar surface area (TPSA) is 70.3 Å². The standard InChI is InChI=1S/C15H16NO2.CH2O2/c1-18-15(17)10-14-8-5-9-16(12-14)11-13-6-3-2-4-7-13;2-1-3/h2-9,12H,10-11H2,1H3;1H,(H,2,3)/q+1;/p-1. The predicted molar refractivity (Wildman–Crippen MR) is 74.0 cm³/mol. The second-order valence-electron chi connectivity index (χ2n) is 4.22. The van der Waals surface area contributed by atoms with Crippen molar-refractivity contribution in [3.8, 4) is 0 Å². The lowest BCUT2D eigenvalue weighted by Crippen LogP contribution is -2.34. The van der Waals surface area contributed by atoms with E-state index in [0.29, 0.717) is 6.42 Å². The number of esters is 1. The van der Waals surface area contributed by atoms with Gasteiger partial charge in [-0.05, 0) is 6.07 Å². The number of pyridine rings is 1. The molecular formula is C16H17NO4. The second kappa shape index (κ2) is 9.25. The average molecular weight is 287 g/mol. The van der Waals surface area contributed by atoms with E-state index >= 15 is 0 Å². The molecule has 0 radical (unpaired) electrons. The third kappa shape index (κ3) is 6.33. The van der Waals surface area contributed by atoms with Crippen molar-refractivity contribution in [2.45, 2.75) is 13.0 Å². The molecule has 0 bridgehead atoms. The molecular weight excluding hydrogens is 270 g/mol. The van der Waals surface area contributed by atoms with E-state index in [-0.39, 0.29) is 5.97 Å². The minimum Gasteiger partial charge on any atom is -0.554 e. The van der Waals surface area contributed by atoms with Crippen molar-refractivity contribution < 1.29 is 24.0 Å². The Labute approximate surface area is 123 Å². The number of hydrogen-bond donors (Lipinski definition) is 0. The Balaban J connectivity index is 0.000000677. The highest BCUT2D eigenvalue weighted by molar-refractivity contribution is 5.72. The smallest absolute Gasteiger partial charge is 0.310 e. The first-order valence-electron chi connectivity index (χ1n) is 6.34. The summed E-state index contributed by atoms with van der Waals surface area (Å²) in [6.45, 7) is 0.301. The van der Waals surface area contributed by atoms with Gasteiger partial charge in [0.25, 0.3) is 0 Å². The molecule has 0 saturated carbocycles. The molecule has 110 valence electrons. The summed E-state index contributed by atoms with van der Waals surface area (Å²) >= 11 is 0. The summed E-state index contributed by atoms with van der Waals surface area (Å²) in [5.41, 5.74) is 2.19. The molecule has 0 amide bonds. The van der Waals surface area contributed by atoms with Gasteiger partial charge in [-0.3, -0.25) is 4.79 Å². The van der Waals surface area contributed by atoms with Crippen LogP contribution in [0.4, 0.5) is 0 Å². The molecule has 2 rings (SSSR count). The minimum absolute atomic E-state index is 0.215. The first-order valence-corrected chi connectivity index (χ1v) is 6.34. The van der Waals surface area contributed by atoms with Crippen molar-refractivity contribution in [3.63, 3.8) is 0 Å². The van der Waals surface area contributed by atoms with Crippen molar-refractivity contribution in [2.24, 2.45) is 0 Å². The maximum Gasteiger partial charge on any atom is 0.310 e. The number of aromatic nitrogens is 1. The van der Waals surface area contributed by atoms with Crippen LogP contribution in [0.15, 0.2) is 54.9 Å². The highest BCUT2D eigenvalue weighted by atomic mass is 16.5. The van der Waals surface area contributed by atoms with Gasteiger partial charge in [-0.1, -0.05) is 30.3 Å². The summed E-state index contributed by atoms with van der Waals surface area (Å²) in [6.07, 6.45) is 4.28. The molecule has 0 spiro atoms. The molecule has 0 unspecified atom stereocenters. The molecule has 5 heteroatoms. The minimum atomic E-state index is -0.500. The van der Waals surface area contributed by atoms with Crippen molar-refractivity contribution in [1.82, 2.24) is 0 Å². The fourth-order valence-corrected chi connectivity index (χ4v) is 1.81. The van der Waals surface area contributed by atoms with E-state index in [1.807, 2.05) is 42.7 Å². The van der Waals surface area contributed by atoms with Gasteiger partial charge in [0.05, 0.1) is 13.5 Å². The van der Waals surface area contributed by atoms with E-state index in [4.69, 9.17) is 9.90 Å². The highest BCUT2D eigenvalue weighted by Gasteiger charge is 2.08. The molecule has 21 heavy (non-hydrogen) atoms. The molecule has 0 saturated heterocycles. The van der Waals surface area contributed by atoms with Gasteiger partial charge >= 0.3 is 5.97 Å². The Morgan fingerprint density at radius 3 is 2.43 bits per heavy atom. The predicted octanol–water partition coefficient (Wildman–Crippen LogP) is 0.104. The molecule has 0 aliphatic carbocycles. The molecule has 0 atom stereocenters. The van der Waals surface area contributed by atoms with Gasteiger partial charge in [0.1, 0.15) is 0 Å². The summed E-state index contributed by atoms with van der Waals surface area (Å²) in [4.78, 5) is 19.5. The molecule has 1 aromatic carbocycles. The zero-order chi connectivity index (χ0) is 15.5. The first-order chi connectivity index (χ1) is 10.2. The quantitative estimate of drug-likeness (QED) is 0.454. The first kappa shape index (κ1) is 16.4. The van der Waals surface area contributed by atoms with E-state index in [9.17, 15) is 4.79 Å². The molecule has 0 fully saturated rings. The number of nitrogens with zero attached hydrogens (tertiary/aromatic N) is 1. The van der Waals surface area contributed by atoms with Gasteiger partial charge in [-0.15, -0.1) is 0 Å². The lowest BCUT2D eigenvalue weighted by molar-refractivity contribution is -0.688. The zero-order valence-electron chi connectivity index (χ0n) is 11.8. The van der Waals surface area contributed by atoms with E-state index in [0.717, 1.165) is 12.1 Å². The molecule has 2 aromatic rings. The Bertz CT molecular complexity index is 569. The Kier molecular flexibility index (Phi) is 7.21. The number of carbonyl (C=O) groups excluding carboxylic acids is 2. The van der Waals surface area contributed by atoms with Crippen LogP contribution in [0, 0.1) is 0 Å². The number of benzene rings is 1. The van der Waals surface area contributed by atoms with Gasteiger partial charge in [-0.25, -0.2) is 4.57 Å². The third-order valence-corrected chi connectivity index (χ3v) is 2.70. The van der Waals surface area contributed by atoms with E-state index < -0.39 is 6.47 Å². The van der Waals surface area contributed by atoms with Crippen LogP contribution in [0.1, 0.15) is 11.1 Å². The molecule has 1 aromatic heterocycles. The number of rotatable bonds is 4. The average Bonchev–Trinajstić information content (AvgIpc) is 2.49. The van der Waals surface area contributed by atoms with Crippen LogP contribution in [0.2, 0.25) is 0 Å². The largest absolute Gasteiger partial charge is 0.554 e. The molecule has 1 heterocycles. The maximum absolute atomic E-state index is 11.2. The summed E-state index contributed by atoms with van der Waals surface area (Å²) in [5.74, 6) is -0.215. The van der Waals surface area contributed by atoms with Gasteiger partial charge in [0.2, 0.25) is 0 Å². The monoisotopic (exact) mass is 287 g/mol. The molecule has 0 aliphatic heterocycles. The molecule has 5 nitrogen and oxygen atoms in total. The van der Waals surface area contributed by atoms with Crippen LogP contribution in [-0.2, 0) is 27.3 Å². The van der Waals surface area contributed by atoms with Gasteiger partial charge in [0, 0.05) is 23.7 Å². The Morgan fingerprint density at radius 2 is 1.81 bits per heavy atom. The van der Waals surface area contributed by atoms with Gasteiger partial charge in [-0.2, -0.15) is 0 Å². The van der Waals surface area contributed by atoms with E-state index in [1.54, 1.807) is 0 Å². The summed E-state index contributed by atoms with van der Waals surface area (Å²) in [7, 11) is 1.41. The molecule has 0 N–H and O–H groups in total. The van der Waals surface area contributed by atoms with Gasteiger partial charge in [0.15, 0.2) is 18.9 Å². The Hall–Kier alpha value is -2.69. The fourth-order valence-electron chi connectivity index (χ4n) is 1.81. The molecule has 0 aliphatic rings. The SMILES string of the molecule is COC(=O)Cc1ccc[n+](Cc2ccccc2)c1.O=C[O-]. The Morgan fingerprint density at radius 1 is 1.19 bits per heavy atom. The normalized spacial score (nSPS) is 9.19. The van der Waals surface area contributed by atoms with E-state index in [2.05, 4.69) is 21.4 Å². The van der Waals surface area contributed by atoms with Crippen LogP contribution in [-0.4, -0.2) is 19.6 Å². The number of methoxy groups -OCH3 is 1. The van der Waals surface area contributed by atoms with Crippen LogP contribution in [0.5, 0.6) is 0 Å². The van der Waals surface area contributed by atoms with Crippen LogP contribution in [0.25, 0.3) is 0 Å². The number of hydrogen-bond acceptors (Lipinski definition) is 4. The summed E-state index contributed by atoms with van der Waals surface area (Å²) in [5, 5.41) is 8.25. The lowest BCUT2D eigenvalue weighted by atomic mass is 10.2. The third-order valence-electron chi connectivity index (χ3n) is 2.70. The van der Waals surface area contributed by atoms with Crippen LogP contribution >= 0.6 is 0 Å². The highest BCUT2D eigenvalue weighted by Crippen LogP contribution is 2.00.